The second-order valence-corrected chi connectivity index (χ2v) is 5.22. The van der Waals surface area contributed by atoms with Gasteiger partial charge in [-0.1, -0.05) is 30.3 Å². The summed E-state index contributed by atoms with van der Waals surface area (Å²) in [4.78, 5) is 19.1. The molecule has 1 aromatic rings. The SMILES string of the molecule is C[C@@H]1CN(C)[C@@H](C)C/C1=N\OC(=O)c1ccccc1. The summed E-state index contributed by atoms with van der Waals surface area (Å²) >= 11 is 0. The number of likely N-dealkylation sites (tertiary alicyclic amines) is 1. The first kappa shape index (κ1) is 13.7. The predicted molar refractivity (Wildman–Crippen MR) is 75.2 cm³/mol. The summed E-state index contributed by atoms with van der Waals surface area (Å²) in [6.45, 7) is 5.21. The van der Waals surface area contributed by atoms with Crippen molar-refractivity contribution in [3.63, 3.8) is 0 Å². The molecule has 1 aliphatic rings. The van der Waals surface area contributed by atoms with Crippen LogP contribution in [0.15, 0.2) is 35.5 Å². The number of oxime groups is 1. The van der Waals surface area contributed by atoms with E-state index in [1.165, 1.54) is 0 Å². The lowest BCUT2D eigenvalue weighted by atomic mass is 9.93. The topological polar surface area (TPSA) is 41.9 Å². The molecule has 0 N–H and O–H groups in total. The van der Waals surface area contributed by atoms with Crippen LogP contribution in [0.5, 0.6) is 0 Å². The minimum atomic E-state index is -0.396. The van der Waals surface area contributed by atoms with Gasteiger partial charge < -0.3 is 9.74 Å². The quantitative estimate of drug-likeness (QED) is 0.606. The zero-order chi connectivity index (χ0) is 13.8. The van der Waals surface area contributed by atoms with Crippen LogP contribution in [0.25, 0.3) is 0 Å². The summed E-state index contributed by atoms with van der Waals surface area (Å²) in [6.07, 6.45) is 0.847. The molecule has 1 fully saturated rings. The summed E-state index contributed by atoms with van der Waals surface area (Å²) in [6, 6.07) is 9.37. The molecule has 19 heavy (non-hydrogen) atoms. The first-order valence-electron chi connectivity index (χ1n) is 6.61. The molecule has 0 aromatic heterocycles. The van der Waals surface area contributed by atoms with Crippen LogP contribution < -0.4 is 0 Å². The van der Waals surface area contributed by atoms with Crippen molar-refractivity contribution in [1.82, 2.24) is 4.90 Å². The number of nitrogens with zero attached hydrogens (tertiary/aromatic N) is 2. The molecule has 0 bridgehead atoms. The summed E-state index contributed by atoms with van der Waals surface area (Å²) in [5, 5.41) is 4.07. The van der Waals surface area contributed by atoms with Crippen LogP contribution in [-0.4, -0.2) is 36.2 Å². The third-order valence-electron chi connectivity index (χ3n) is 3.64. The third-order valence-corrected chi connectivity index (χ3v) is 3.64. The summed E-state index contributed by atoms with van der Waals surface area (Å²) < 4.78 is 0. The van der Waals surface area contributed by atoms with Gasteiger partial charge in [0.25, 0.3) is 0 Å². The van der Waals surface area contributed by atoms with Gasteiger partial charge in [0, 0.05) is 24.9 Å². The number of carbonyl (C=O) groups is 1. The monoisotopic (exact) mass is 260 g/mol. The van der Waals surface area contributed by atoms with Crippen LogP contribution in [-0.2, 0) is 4.84 Å². The molecular formula is C15H20N2O2. The fourth-order valence-electron chi connectivity index (χ4n) is 2.23. The van der Waals surface area contributed by atoms with Crippen molar-refractivity contribution in [3.8, 4) is 0 Å². The molecule has 1 aliphatic heterocycles. The van der Waals surface area contributed by atoms with Gasteiger partial charge in [0.15, 0.2) is 0 Å². The van der Waals surface area contributed by atoms with Gasteiger partial charge >= 0.3 is 5.97 Å². The maximum atomic E-state index is 11.8. The predicted octanol–water partition coefficient (Wildman–Crippen LogP) is 2.56. The highest BCUT2D eigenvalue weighted by Gasteiger charge is 2.26. The average Bonchev–Trinajstić information content (AvgIpc) is 2.42. The molecule has 2 rings (SSSR count). The Hall–Kier alpha value is -1.68. The van der Waals surface area contributed by atoms with Crippen LogP contribution in [0.3, 0.4) is 0 Å². The summed E-state index contributed by atoms with van der Waals surface area (Å²) in [5.74, 6) is -0.0725. The van der Waals surface area contributed by atoms with Crippen molar-refractivity contribution in [2.24, 2.45) is 11.1 Å². The van der Waals surface area contributed by atoms with Crippen LogP contribution >= 0.6 is 0 Å². The van der Waals surface area contributed by atoms with Gasteiger partial charge in [0.05, 0.1) is 11.3 Å². The first-order valence-corrected chi connectivity index (χ1v) is 6.61. The summed E-state index contributed by atoms with van der Waals surface area (Å²) in [7, 11) is 2.11. The van der Waals surface area contributed by atoms with Crippen molar-refractivity contribution in [1.29, 1.82) is 0 Å². The van der Waals surface area contributed by atoms with E-state index in [1.54, 1.807) is 12.1 Å². The Morgan fingerprint density at radius 1 is 1.32 bits per heavy atom. The zero-order valence-electron chi connectivity index (χ0n) is 11.7. The molecule has 0 radical (unpaired) electrons. The first-order chi connectivity index (χ1) is 9.08. The van der Waals surface area contributed by atoms with E-state index in [4.69, 9.17) is 4.84 Å². The Morgan fingerprint density at radius 2 is 2.00 bits per heavy atom. The maximum Gasteiger partial charge on any atom is 0.365 e. The lowest BCUT2D eigenvalue weighted by molar-refractivity contribution is 0.0508. The summed E-state index contributed by atoms with van der Waals surface area (Å²) in [5.41, 5.74) is 1.50. The van der Waals surface area contributed by atoms with Gasteiger partial charge in [0.1, 0.15) is 0 Å². The third kappa shape index (κ3) is 3.41. The number of piperidine rings is 1. The Kier molecular flexibility index (Phi) is 4.32. The van der Waals surface area contributed by atoms with E-state index in [0.29, 0.717) is 17.5 Å². The van der Waals surface area contributed by atoms with Crippen LogP contribution in [0.4, 0.5) is 0 Å². The smallest absolute Gasteiger partial charge is 0.313 e. The van der Waals surface area contributed by atoms with E-state index < -0.39 is 5.97 Å². The van der Waals surface area contributed by atoms with Crippen molar-refractivity contribution >= 4 is 11.7 Å². The number of rotatable bonds is 2. The van der Waals surface area contributed by atoms with Crippen LogP contribution in [0.2, 0.25) is 0 Å². The van der Waals surface area contributed by atoms with Crippen molar-refractivity contribution in [2.45, 2.75) is 26.3 Å². The maximum absolute atomic E-state index is 11.8. The molecule has 0 saturated carbocycles. The molecule has 2 atom stereocenters. The number of benzene rings is 1. The Morgan fingerprint density at radius 3 is 2.68 bits per heavy atom. The number of hydrogen-bond donors (Lipinski definition) is 0. The van der Waals surface area contributed by atoms with E-state index >= 15 is 0 Å². The van der Waals surface area contributed by atoms with Gasteiger partial charge in [-0.15, -0.1) is 0 Å². The van der Waals surface area contributed by atoms with Gasteiger partial charge in [-0.25, -0.2) is 4.79 Å². The second-order valence-electron chi connectivity index (χ2n) is 5.22. The van der Waals surface area contributed by atoms with Crippen molar-refractivity contribution < 1.29 is 9.63 Å². The molecule has 4 nitrogen and oxygen atoms in total. The minimum Gasteiger partial charge on any atom is -0.313 e. The number of carbonyl (C=O) groups excluding carboxylic acids is 1. The number of hydrogen-bond acceptors (Lipinski definition) is 4. The molecule has 0 amide bonds. The lowest BCUT2D eigenvalue weighted by Gasteiger charge is -2.34. The minimum absolute atomic E-state index is 0.324. The molecular weight excluding hydrogens is 240 g/mol. The molecule has 0 unspecified atom stereocenters. The highest BCUT2D eigenvalue weighted by Crippen LogP contribution is 2.18. The molecule has 4 heteroatoms. The van der Waals surface area contributed by atoms with E-state index in [2.05, 4.69) is 31.0 Å². The molecule has 1 aromatic carbocycles. The fraction of sp³-hybridized carbons (Fsp3) is 0.467. The molecule has 0 aliphatic carbocycles. The van der Waals surface area contributed by atoms with E-state index in [1.807, 2.05) is 18.2 Å². The highest BCUT2D eigenvalue weighted by atomic mass is 16.7. The molecule has 1 saturated heterocycles. The van der Waals surface area contributed by atoms with Crippen molar-refractivity contribution in [2.75, 3.05) is 13.6 Å². The second kappa shape index (κ2) is 5.97. The fourth-order valence-corrected chi connectivity index (χ4v) is 2.23. The molecule has 0 spiro atoms. The van der Waals surface area contributed by atoms with E-state index in [9.17, 15) is 4.79 Å². The standard InChI is InChI=1S/C15H20N2O2/c1-11-10-17(3)12(2)9-14(11)16-19-15(18)13-7-5-4-6-8-13/h4-8,11-12H,9-10H2,1-3H3/b16-14+/t11-,12+/m1/s1. The van der Waals surface area contributed by atoms with Crippen LogP contribution in [0, 0.1) is 5.92 Å². The van der Waals surface area contributed by atoms with E-state index in [-0.39, 0.29) is 0 Å². The largest absolute Gasteiger partial charge is 0.365 e. The van der Waals surface area contributed by atoms with Crippen LogP contribution in [0.1, 0.15) is 30.6 Å². The highest BCUT2D eigenvalue weighted by molar-refractivity contribution is 5.91. The Bertz CT molecular complexity index is 470. The van der Waals surface area contributed by atoms with E-state index in [0.717, 1.165) is 18.7 Å². The average molecular weight is 260 g/mol. The van der Waals surface area contributed by atoms with Gasteiger partial charge in [-0.2, -0.15) is 0 Å². The van der Waals surface area contributed by atoms with Gasteiger partial charge in [0.2, 0.25) is 0 Å². The van der Waals surface area contributed by atoms with Crippen molar-refractivity contribution in [3.05, 3.63) is 35.9 Å². The van der Waals surface area contributed by atoms with Gasteiger partial charge in [-0.05, 0) is 26.1 Å². The lowest BCUT2D eigenvalue weighted by Crippen LogP contribution is -2.43. The molecule has 102 valence electrons. The van der Waals surface area contributed by atoms with Gasteiger partial charge in [-0.3, -0.25) is 0 Å². The molecule has 1 heterocycles. The Balaban J connectivity index is 2.00. The Labute approximate surface area is 114 Å². The normalized spacial score (nSPS) is 26.4. The zero-order valence-corrected chi connectivity index (χ0v) is 11.7.